The van der Waals surface area contributed by atoms with Gasteiger partial charge in [-0.15, -0.1) is 0 Å². The topological polar surface area (TPSA) is 42.9 Å². The summed E-state index contributed by atoms with van der Waals surface area (Å²) >= 11 is 12.1. The zero-order chi connectivity index (χ0) is 18.1. The highest BCUT2D eigenvalue weighted by molar-refractivity contribution is 6.35. The molecule has 5 nitrogen and oxygen atoms in total. The summed E-state index contributed by atoms with van der Waals surface area (Å²) in [6.07, 6.45) is 2.36. The van der Waals surface area contributed by atoms with Gasteiger partial charge in [-0.05, 0) is 57.2 Å². The van der Waals surface area contributed by atoms with Gasteiger partial charge >= 0.3 is 0 Å². The largest absolute Gasteiger partial charge is 0.356 e. The fourth-order valence-electron chi connectivity index (χ4n) is 2.90. The molecule has 1 heterocycles. The number of rotatable bonds is 6. The lowest BCUT2D eigenvalue weighted by molar-refractivity contribution is 0.274. The highest BCUT2D eigenvalue weighted by Crippen LogP contribution is 2.20. The van der Waals surface area contributed by atoms with E-state index in [0.29, 0.717) is 16.6 Å². The third kappa shape index (κ3) is 7.40. The van der Waals surface area contributed by atoms with Gasteiger partial charge in [-0.1, -0.05) is 29.3 Å². The molecule has 0 spiro atoms. The third-order valence-electron chi connectivity index (χ3n) is 4.44. The van der Waals surface area contributed by atoms with Crippen LogP contribution in [-0.4, -0.2) is 69.1 Å². The normalized spacial score (nSPS) is 17.4. The third-order valence-corrected chi connectivity index (χ3v) is 5.03. The molecule has 140 valence electrons. The summed E-state index contributed by atoms with van der Waals surface area (Å²) < 4.78 is 0. The molecule has 1 fully saturated rings. The van der Waals surface area contributed by atoms with Crippen LogP contribution in [0.3, 0.4) is 0 Å². The molecule has 1 aromatic rings. The Kier molecular flexibility index (Phi) is 8.82. The van der Waals surface area contributed by atoms with E-state index in [1.165, 1.54) is 32.6 Å². The standard InChI is InChI=1S/C18H29Cl2N5/c1-21-18(23-14-15-5-6-16(19)13-17(15)20)22-7-3-9-25-10-4-8-24(2)11-12-25/h5-6,13H,3-4,7-12,14H2,1-2H3,(H2,21,22,23). The molecule has 2 rings (SSSR count). The number of likely N-dealkylation sites (N-methyl/N-ethyl adjacent to an activating group) is 1. The average molecular weight is 386 g/mol. The predicted molar refractivity (Wildman–Crippen MR) is 108 cm³/mol. The van der Waals surface area contributed by atoms with Gasteiger partial charge < -0.3 is 20.4 Å². The summed E-state index contributed by atoms with van der Waals surface area (Å²) in [5.41, 5.74) is 1.00. The van der Waals surface area contributed by atoms with Crippen LogP contribution in [0.25, 0.3) is 0 Å². The first kappa shape index (κ1) is 20.3. The van der Waals surface area contributed by atoms with Gasteiger partial charge in [0.1, 0.15) is 0 Å². The molecule has 0 radical (unpaired) electrons. The molecule has 0 unspecified atom stereocenters. The smallest absolute Gasteiger partial charge is 0.191 e. The second kappa shape index (κ2) is 10.9. The van der Waals surface area contributed by atoms with Crippen molar-refractivity contribution in [2.24, 2.45) is 4.99 Å². The Balaban J connectivity index is 1.66. The van der Waals surface area contributed by atoms with Gasteiger partial charge in [0, 0.05) is 43.3 Å². The molecular weight excluding hydrogens is 357 g/mol. The van der Waals surface area contributed by atoms with Crippen molar-refractivity contribution in [1.82, 2.24) is 20.4 Å². The van der Waals surface area contributed by atoms with Crippen molar-refractivity contribution in [2.45, 2.75) is 19.4 Å². The Morgan fingerprint density at radius 3 is 2.76 bits per heavy atom. The molecular formula is C18H29Cl2N5. The number of nitrogens with zero attached hydrogens (tertiary/aromatic N) is 3. The summed E-state index contributed by atoms with van der Waals surface area (Å²) in [6, 6.07) is 5.54. The molecule has 0 atom stereocenters. The van der Waals surface area contributed by atoms with Crippen molar-refractivity contribution < 1.29 is 0 Å². The van der Waals surface area contributed by atoms with Gasteiger partial charge in [0.25, 0.3) is 0 Å². The second-order valence-electron chi connectivity index (χ2n) is 6.44. The van der Waals surface area contributed by atoms with E-state index in [4.69, 9.17) is 23.2 Å². The van der Waals surface area contributed by atoms with Crippen LogP contribution in [0.5, 0.6) is 0 Å². The van der Waals surface area contributed by atoms with Crippen molar-refractivity contribution in [2.75, 3.05) is 53.4 Å². The average Bonchev–Trinajstić information content (AvgIpc) is 2.80. The highest BCUT2D eigenvalue weighted by atomic mass is 35.5. The minimum absolute atomic E-state index is 0.619. The lowest BCUT2D eigenvalue weighted by Crippen LogP contribution is -2.38. The number of aliphatic imine (C=N–C) groups is 1. The maximum atomic E-state index is 6.20. The SMILES string of the molecule is CN=C(NCCCN1CCCN(C)CC1)NCc1ccc(Cl)cc1Cl. The fourth-order valence-corrected chi connectivity index (χ4v) is 3.37. The maximum Gasteiger partial charge on any atom is 0.191 e. The minimum Gasteiger partial charge on any atom is -0.356 e. The quantitative estimate of drug-likeness (QED) is 0.448. The summed E-state index contributed by atoms with van der Waals surface area (Å²) in [5, 5.41) is 7.98. The number of hydrogen-bond acceptors (Lipinski definition) is 3. The second-order valence-corrected chi connectivity index (χ2v) is 7.28. The summed E-state index contributed by atoms with van der Waals surface area (Å²) in [4.78, 5) is 9.22. The van der Waals surface area contributed by atoms with Gasteiger partial charge in [0.15, 0.2) is 5.96 Å². The van der Waals surface area contributed by atoms with Crippen LogP contribution in [0.1, 0.15) is 18.4 Å². The van der Waals surface area contributed by atoms with Gasteiger partial charge in [-0.2, -0.15) is 0 Å². The first-order valence-electron chi connectivity index (χ1n) is 8.88. The first-order valence-corrected chi connectivity index (χ1v) is 9.63. The van der Waals surface area contributed by atoms with E-state index in [9.17, 15) is 0 Å². The lowest BCUT2D eigenvalue weighted by atomic mass is 10.2. The van der Waals surface area contributed by atoms with Crippen molar-refractivity contribution in [3.8, 4) is 0 Å². The minimum atomic E-state index is 0.619. The number of hydrogen-bond donors (Lipinski definition) is 2. The van der Waals surface area contributed by atoms with Crippen molar-refractivity contribution >= 4 is 29.2 Å². The van der Waals surface area contributed by atoms with Crippen molar-refractivity contribution in [3.05, 3.63) is 33.8 Å². The fraction of sp³-hybridized carbons (Fsp3) is 0.611. The van der Waals surface area contributed by atoms with E-state index in [2.05, 4.69) is 32.5 Å². The van der Waals surface area contributed by atoms with Gasteiger partial charge in [0.05, 0.1) is 0 Å². The molecule has 2 N–H and O–H groups in total. The molecule has 25 heavy (non-hydrogen) atoms. The monoisotopic (exact) mass is 385 g/mol. The van der Waals surface area contributed by atoms with E-state index in [1.807, 2.05) is 12.1 Å². The summed E-state index contributed by atoms with van der Waals surface area (Å²) in [6.45, 7) is 7.39. The van der Waals surface area contributed by atoms with Crippen LogP contribution in [0.15, 0.2) is 23.2 Å². The van der Waals surface area contributed by atoms with E-state index in [-0.39, 0.29) is 0 Å². The van der Waals surface area contributed by atoms with Crippen LogP contribution >= 0.6 is 23.2 Å². The number of nitrogens with one attached hydrogen (secondary N) is 2. The highest BCUT2D eigenvalue weighted by Gasteiger charge is 2.11. The Morgan fingerprint density at radius 2 is 2.00 bits per heavy atom. The van der Waals surface area contributed by atoms with E-state index < -0.39 is 0 Å². The Hall–Kier alpha value is -1.01. The number of halogens is 2. The van der Waals surface area contributed by atoms with Gasteiger partial charge in [-0.25, -0.2) is 0 Å². The Morgan fingerprint density at radius 1 is 1.16 bits per heavy atom. The molecule has 1 aliphatic heterocycles. The molecule has 1 saturated heterocycles. The summed E-state index contributed by atoms with van der Waals surface area (Å²) in [7, 11) is 3.98. The number of benzene rings is 1. The van der Waals surface area contributed by atoms with Crippen LogP contribution < -0.4 is 10.6 Å². The molecule has 0 aromatic heterocycles. The van der Waals surface area contributed by atoms with Crippen LogP contribution in [0, 0.1) is 0 Å². The first-order chi connectivity index (χ1) is 12.1. The maximum absolute atomic E-state index is 6.20. The van der Waals surface area contributed by atoms with Gasteiger partial charge in [-0.3, -0.25) is 4.99 Å². The Labute approximate surface area is 161 Å². The number of guanidine groups is 1. The predicted octanol–water partition coefficient (Wildman–Crippen LogP) is 2.69. The van der Waals surface area contributed by atoms with E-state index in [1.54, 1.807) is 13.1 Å². The zero-order valence-corrected chi connectivity index (χ0v) is 16.7. The zero-order valence-electron chi connectivity index (χ0n) is 15.2. The lowest BCUT2D eigenvalue weighted by Gasteiger charge is -2.20. The van der Waals surface area contributed by atoms with Crippen molar-refractivity contribution in [1.29, 1.82) is 0 Å². The van der Waals surface area contributed by atoms with E-state index >= 15 is 0 Å². The van der Waals surface area contributed by atoms with Crippen molar-refractivity contribution in [3.63, 3.8) is 0 Å². The molecule has 0 amide bonds. The molecule has 1 aromatic carbocycles. The van der Waals surface area contributed by atoms with Gasteiger partial charge in [0.2, 0.25) is 0 Å². The van der Waals surface area contributed by atoms with Crippen LogP contribution in [0.4, 0.5) is 0 Å². The molecule has 1 aliphatic rings. The van der Waals surface area contributed by atoms with Crippen LogP contribution in [0.2, 0.25) is 10.0 Å². The van der Waals surface area contributed by atoms with Crippen LogP contribution in [-0.2, 0) is 6.54 Å². The molecule has 0 bridgehead atoms. The summed E-state index contributed by atoms with van der Waals surface area (Å²) in [5.74, 6) is 0.793. The molecule has 7 heteroatoms. The van der Waals surface area contributed by atoms with E-state index in [0.717, 1.165) is 31.0 Å². The molecule has 0 saturated carbocycles. The molecule has 0 aliphatic carbocycles. The Bertz CT molecular complexity index is 564.